The van der Waals surface area contributed by atoms with Gasteiger partial charge >= 0.3 is 6.18 Å². The number of hydrogen-bond acceptors (Lipinski definition) is 7. The van der Waals surface area contributed by atoms with Crippen molar-refractivity contribution in [2.75, 3.05) is 13.2 Å². The van der Waals surface area contributed by atoms with Crippen molar-refractivity contribution >= 4 is 17.7 Å². The quantitative estimate of drug-likeness (QED) is 0.546. The molecule has 0 aliphatic carbocycles. The smallest absolute Gasteiger partial charge is 0.422 e. The lowest BCUT2D eigenvalue weighted by Gasteiger charge is -2.41. The van der Waals surface area contributed by atoms with E-state index in [0.717, 1.165) is 18.3 Å². The maximum atomic E-state index is 14.0. The highest BCUT2D eigenvalue weighted by Crippen LogP contribution is 2.46. The highest BCUT2D eigenvalue weighted by Gasteiger charge is 2.55. The van der Waals surface area contributed by atoms with Gasteiger partial charge in [-0.15, -0.1) is 0 Å². The Hall–Kier alpha value is -4.17. The number of halogens is 5. The van der Waals surface area contributed by atoms with Crippen molar-refractivity contribution in [3.63, 3.8) is 0 Å². The Labute approximate surface area is 223 Å². The molecule has 4 heterocycles. The lowest BCUT2D eigenvalue weighted by molar-refractivity contribution is -0.156. The van der Waals surface area contributed by atoms with Gasteiger partial charge in [0.1, 0.15) is 17.2 Å². The second kappa shape index (κ2) is 9.78. The molecule has 5 rings (SSSR count). The number of nitrogens with zero attached hydrogens (tertiary/aromatic N) is 3. The van der Waals surface area contributed by atoms with Crippen molar-refractivity contribution < 1.29 is 46.2 Å². The Kier molecular flexibility index (Phi) is 6.70. The standard InChI is InChI=1S/C25H23F5N4O6/c1-12-4-5-24(7-18(32-40-24)39-11-25(28,29)30)17-10-33(12)23(38)19-21(36)20(35)15(9-34(17)19)22(37)31-8-13-2-3-14(26)6-16(13)27/h2-3,6,9,12,17,36H,4-5,7-8,10-11H2,1H3,(H,31,37). The summed E-state index contributed by atoms with van der Waals surface area (Å²) >= 11 is 0. The Morgan fingerprint density at radius 1 is 1.30 bits per heavy atom. The van der Waals surface area contributed by atoms with Crippen LogP contribution in [0.3, 0.4) is 0 Å². The summed E-state index contributed by atoms with van der Waals surface area (Å²) in [7, 11) is 0. The van der Waals surface area contributed by atoms with Gasteiger partial charge in [-0.25, -0.2) is 8.78 Å². The van der Waals surface area contributed by atoms with Crippen molar-refractivity contribution in [2.24, 2.45) is 5.16 Å². The fraction of sp³-hybridized carbons (Fsp3) is 0.440. The van der Waals surface area contributed by atoms with Crippen LogP contribution in [-0.4, -0.2) is 63.3 Å². The number of aromatic hydroxyl groups is 1. The Morgan fingerprint density at radius 2 is 2.05 bits per heavy atom. The molecule has 2 amide bonds. The number of ether oxygens (including phenoxy) is 1. The number of benzene rings is 1. The maximum absolute atomic E-state index is 14.0. The van der Waals surface area contributed by atoms with Crippen molar-refractivity contribution in [3.8, 4) is 5.75 Å². The summed E-state index contributed by atoms with van der Waals surface area (Å²) in [6, 6.07) is 1.47. The molecule has 0 saturated carbocycles. The minimum Gasteiger partial charge on any atom is -0.503 e. The molecule has 3 aliphatic rings. The van der Waals surface area contributed by atoms with E-state index in [2.05, 4.69) is 10.5 Å². The van der Waals surface area contributed by atoms with Gasteiger partial charge in [-0.05, 0) is 25.8 Å². The van der Waals surface area contributed by atoms with Crippen molar-refractivity contribution in [1.29, 1.82) is 0 Å². The molecule has 1 aromatic heterocycles. The number of aromatic nitrogens is 1. The van der Waals surface area contributed by atoms with Gasteiger partial charge in [0, 0.05) is 37.0 Å². The van der Waals surface area contributed by atoms with Crippen molar-refractivity contribution in [3.05, 3.63) is 63.1 Å². The first-order valence-electron chi connectivity index (χ1n) is 12.3. The van der Waals surface area contributed by atoms with Gasteiger partial charge in [0.2, 0.25) is 11.3 Å². The molecule has 1 saturated heterocycles. The van der Waals surface area contributed by atoms with E-state index in [-0.39, 0.29) is 36.9 Å². The minimum atomic E-state index is -4.61. The molecule has 15 heteroatoms. The van der Waals surface area contributed by atoms with Crippen LogP contribution in [0.15, 0.2) is 34.3 Å². The van der Waals surface area contributed by atoms with E-state index in [0.29, 0.717) is 12.5 Å². The van der Waals surface area contributed by atoms with Gasteiger partial charge in [-0.2, -0.15) is 13.2 Å². The van der Waals surface area contributed by atoms with Gasteiger partial charge in [0.25, 0.3) is 11.8 Å². The van der Waals surface area contributed by atoms with Gasteiger partial charge in [-0.3, -0.25) is 14.4 Å². The average molecular weight is 570 g/mol. The van der Waals surface area contributed by atoms with Crippen LogP contribution in [0.4, 0.5) is 22.0 Å². The summed E-state index contributed by atoms with van der Waals surface area (Å²) in [5, 5.41) is 16.9. The molecule has 10 nitrogen and oxygen atoms in total. The number of rotatable bonds is 4. The van der Waals surface area contributed by atoms with Gasteiger partial charge in [-0.1, -0.05) is 11.2 Å². The first kappa shape index (κ1) is 27.4. The molecule has 3 aliphatic heterocycles. The van der Waals surface area contributed by atoms with Gasteiger partial charge in [0.15, 0.2) is 23.7 Å². The Morgan fingerprint density at radius 3 is 2.75 bits per heavy atom. The summed E-state index contributed by atoms with van der Waals surface area (Å²) in [6.45, 7) is -0.271. The normalized spacial score (nSPS) is 23.8. The topological polar surface area (TPSA) is 122 Å². The summed E-state index contributed by atoms with van der Waals surface area (Å²) in [5.41, 5.74) is -3.53. The zero-order chi connectivity index (χ0) is 29.0. The number of amides is 2. The number of hydrogen-bond donors (Lipinski definition) is 2. The van der Waals surface area contributed by atoms with Crippen LogP contribution in [-0.2, 0) is 16.1 Å². The summed E-state index contributed by atoms with van der Waals surface area (Å²) in [5.74, 6) is -4.74. The van der Waals surface area contributed by atoms with E-state index >= 15 is 0 Å². The molecule has 2 N–H and O–H groups in total. The van der Waals surface area contributed by atoms with E-state index in [1.54, 1.807) is 6.92 Å². The van der Waals surface area contributed by atoms with E-state index in [9.17, 15) is 41.4 Å². The average Bonchev–Trinajstić information content (AvgIpc) is 3.26. The number of carbonyl (C=O) groups excluding carboxylic acids is 2. The van der Waals surface area contributed by atoms with E-state index < -0.39 is 76.9 Å². The van der Waals surface area contributed by atoms with Crippen LogP contribution in [0.2, 0.25) is 0 Å². The second-order valence-corrected chi connectivity index (χ2v) is 9.98. The van der Waals surface area contributed by atoms with Crippen molar-refractivity contribution in [2.45, 2.75) is 56.6 Å². The third kappa shape index (κ3) is 4.84. The molecule has 3 atom stereocenters. The van der Waals surface area contributed by atoms with Crippen LogP contribution in [0.5, 0.6) is 5.75 Å². The highest BCUT2D eigenvalue weighted by atomic mass is 19.4. The fourth-order valence-corrected chi connectivity index (χ4v) is 5.26. The number of carbonyl (C=O) groups is 2. The first-order valence-corrected chi connectivity index (χ1v) is 12.3. The monoisotopic (exact) mass is 570 g/mol. The molecule has 214 valence electrons. The molecular formula is C25H23F5N4O6. The number of oxime groups is 1. The largest absolute Gasteiger partial charge is 0.503 e. The number of pyridine rings is 1. The first-order chi connectivity index (χ1) is 18.8. The Balaban J connectivity index is 1.49. The third-order valence-corrected chi connectivity index (χ3v) is 7.39. The van der Waals surface area contributed by atoms with Gasteiger partial charge in [0.05, 0.1) is 12.5 Å². The summed E-state index contributed by atoms with van der Waals surface area (Å²) < 4.78 is 71.4. The highest BCUT2D eigenvalue weighted by molar-refractivity contribution is 5.99. The predicted octanol–water partition coefficient (Wildman–Crippen LogP) is 2.99. The van der Waals surface area contributed by atoms with Crippen LogP contribution >= 0.6 is 0 Å². The molecule has 40 heavy (non-hydrogen) atoms. The fourth-order valence-electron chi connectivity index (χ4n) is 5.26. The zero-order valence-corrected chi connectivity index (χ0v) is 20.9. The van der Waals surface area contributed by atoms with E-state index in [4.69, 9.17) is 9.57 Å². The molecule has 1 aromatic carbocycles. The van der Waals surface area contributed by atoms with E-state index in [1.165, 1.54) is 9.47 Å². The number of alkyl halides is 3. The summed E-state index contributed by atoms with van der Waals surface area (Å²) in [6.07, 6.45) is -3.16. The predicted molar refractivity (Wildman–Crippen MR) is 127 cm³/mol. The SMILES string of the molecule is CC1CCC2(CC(OCC(F)(F)F)=NO2)C2CN1C(=O)c1c(O)c(=O)c(C(=O)NCc3ccc(F)cc3F)cn12. The van der Waals surface area contributed by atoms with Gasteiger partial charge < -0.3 is 29.5 Å². The van der Waals surface area contributed by atoms with E-state index in [1.807, 2.05) is 0 Å². The second-order valence-electron chi connectivity index (χ2n) is 9.98. The molecular weight excluding hydrogens is 547 g/mol. The molecule has 0 radical (unpaired) electrons. The van der Waals surface area contributed by atoms with Crippen LogP contribution in [0, 0.1) is 11.6 Å². The zero-order valence-electron chi connectivity index (χ0n) is 20.9. The Bertz CT molecular complexity index is 1470. The minimum absolute atomic E-state index is 0.0147. The lowest BCUT2D eigenvalue weighted by atomic mass is 9.85. The van der Waals surface area contributed by atoms with Crippen LogP contribution in [0.1, 0.15) is 58.6 Å². The van der Waals surface area contributed by atoms with Crippen LogP contribution in [0.25, 0.3) is 0 Å². The number of nitrogens with one attached hydrogen (secondary N) is 1. The number of fused-ring (bicyclic) bond motifs is 5. The van der Waals surface area contributed by atoms with Crippen molar-refractivity contribution in [1.82, 2.24) is 14.8 Å². The molecule has 1 spiro atoms. The van der Waals surface area contributed by atoms with Crippen LogP contribution < -0.4 is 10.7 Å². The molecule has 3 unspecified atom stereocenters. The molecule has 2 aromatic rings. The lowest BCUT2D eigenvalue weighted by Crippen LogP contribution is -2.52. The molecule has 2 bridgehead atoms. The summed E-state index contributed by atoms with van der Waals surface area (Å²) in [4.78, 5) is 46.4. The third-order valence-electron chi connectivity index (χ3n) is 7.39. The molecule has 1 fully saturated rings. The maximum Gasteiger partial charge on any atom is 0.422 e.